The van der Waals surface area contributed by atoms with Crippen molar-refractivity contribution in [3.8, 4) is 0 Å². The van der Waals surface area contributed by atoms with Crippen LogP contribution in [0.5, 0.6) is 0 Å². The molecule has 4 heteroatoms. The molecule has 0 saturated heterocycles. The standard InChI is InChI=1S/C15H21N3O/c1-15(2,3)18-14(19)16-9-8-11-10-17-13-7-5-4-6-12(11)13/h4-7,10,17H,8-9H2,1-3H3,(H2,16,18,19). The summed E-state index contributed by atoms with van der Waals surface area (Å²) >= 11 is 0. The molecule has 2 amide bonds. The van der Waals surface area contributed by atoms with Crippen LogP contribution in [0.15, 0.2) is 30.5 Å². The van der Waals surface area contributed by atoms with Gasteiger partial charge in [0.15, 0.2) is 0 Å². The Bertz CT molecular complexity index is 566. The second-order valence-electron chi connectivity index (χ2n) is 5.74. The Balaban J connectivity index is 1.88. The number of amides is 2. The van der Waals surface area contributed by atoms with Gasteiger partial charge >= 0.3 is 6.03 Å². The first kappa shape index (κ1) is 13.5. The average molecular weight is 259 g/mol. The van der Waals surface area contributed by atoms with Crippen molar-refractivity contribution in [2.45, 2.75) is 32.7 Å². The van der Waals surface area contributed by atoms with Crippen molar-refractivity contribution >= 4 is 16.9 Å². The molecule has 102 valence electrons. The van der Waals surface area contributed by atoms with Gasteiger partial charge in [0.2, 0.25) is 0 Å². The van der Waals surface area contributed by atoms with Gasteiger partial charge in [-0.25, -0.2) is 4.79 Å². The van der Waals surface area contributed by atoms with E-state index in [4.69, 9.17) is 0 Å². The molecule has 0 aliphatic carbocycles. The van der Waals surface area contributed by atoms with E-state index in [1.54, 1.807) is 0 Å². The van der Waals surface area contributed by atoms with Crippen LogP contribution in [-0.2, 0) is 6.42 Å². The van der Waals surface area contributed by atoms with Gasteiger partial charge in [-0.15, -0.1) is 0 Å². The summed E-state index contributed by atoms with van der Waals surface area (Å²) in [6.45, 7) is 6.52. The lowest BCUT2D eigenvalue weighted by atomic mass is 10.1. The first-order valence-corrected chi connectivity index (χ1v) is 6.57. The second kappa shape index (κ2) is 5.34. The number of hydrogen-bond acceptors (Lipinski definition) is 1. The van der Waals surface area contributed by atoms with Crippen LogP contribution < -0.4 is 10.6 Å². The van der Waals surface area contributed by atoms with Gasteiger partial charge in [0.05, 0.1) is 0 Å². The molecule has 19 heavy (non-hydrogen) atoms. The van der Waals surface area contributed by atoms with E-state index in [1.165, 1.54) is 10.9 Å². The highest BCUT2D eigenvalue weighted by atomic mass is 16.2. The molecular formula is C15H21N3O. The lowest BCUT2D eigenvalue weighted by Crippen LogP contribution is -2.46. The topological polar surface area (TPSA) is 56.9 Å². The first-order chi connectivity index (χ1) is 8.96. The molecule has 0 bridgehead atoms. The van der Waals surface area contributed by atoms with Gasteiger partial charge < -0.3 is 15.6 Å². The van der Waals surface area contributed by atoms with Gasteiger partial charge in [-0.05, 0) is 38.8 Å². The summed E-state index contributed by atoms with van der Waals surface area (Å²) in [5.41, 5.74) is 2.16. The Labute approximate surface area is 113 Å². The van der Waals surface area contributed by atoms with Crippen molar-refractivity contribution < 1.29 is 4.79 Å². The number of fused-ring (bicyclic) bond motifs is 1. The van der Waals surface area contributed by atoms with Gasteiger partial charge in [-0.2, -0.15) is 0 Å². The summed E-state index contributed by atoms with van der Waals surface area (Å²) in [5.74, 6) is 0. The zero-order valence-electron chi connectivity index (χ0n) is 11.7. The lowest BCUT2D eigenvalue weighted by molar-refractivity contribution is 0.232. The van der Waals surface area contributed by atoms with Crippen LogP contribution in [0.2, 0.25) is 0 Å². The third kappa shape index (κ3) is 3.74. The van der Waals surface area contributed by atoms with E-state index >= 15 is 0 Å². The van der Waals surface area contributed by atoms with E-state index in [9.17, 15) is 4.79 Å². The first-order valence-electron chi connectivity index (χ1n) is 6.57. The number of nitrogens with one attached hydrogen (secondary N) is 3. The number of carbonyl (C=O) groups excluding carboxylic acids is 1. The Morgan fingerprint density at radius 2 is 2.00 bits per heavy atom. The van der Waals surface area contributed by atoms with E-state index in [0.717, 1.165) is 11.9 Å². The van der Waals surface area contributed by atoms with Crippen molar-refractivity contribution in [1.82, 2.24) is 15.6 Å². The van der Waals surface area contributed by atoms with E-state index in [-0.39, 0.29) is 11.6 Å². The fourth-order valence-electron chi connectivity index (χ4n) is 2.03. The monoisotopic (exact) mass is 259 g/mol. The second-order valence-corrected chi connectivity index (χ2v) is 5.74. The van der Waals surface area contributed by atoms with Gasteiger partial charge in [-0.1, -0.05) is 18.2 Å². The molecule has 0 aliphatic heterocycles. The zero-order valence-corrected chi connectivity index (χ0v) is 11.7. The summed E-state index contributed by atoms with van der Waals surface area (Å²) < 4.78 is 0. The fourth-order valence-corrected chi connectivity index (χ4v) is 2.03. The predicted molar refractivity (Wildman–Crippen MR) is 78.3 cm³/mol. The SMILES string of the molecule is CC(C)(C)NC(=O)NCCc1c[nH]c2ccccc12. The quantitative estimate of drug-likeness (QED) is 0.780. The molecular weight excluding hydrogens is 238 g/mol. The van der Waals surface area contributed by atoms with Crippen molar-refractivity contribution in [3.05, 3.63) is 36.0 Å². The highest BCUT2D eigenvalue weighted by molar-refractivity contribution is 5.83. The maximum Gasteiger partial charge on any atom is 0.315 e. The van der Waals surface area contributed by atoms with E-state index in [0.29, 0.717) is 6.54 Å². The van der Waals surface area contributed by atoms with Crippen LogP contribution in [0.1, 0.15) is 26.3 Å². The van der Waals surface area contributed by atoms with Crippen LogP contribution in [0.3, 0.4) is 0 Å². The van der Waals surface area contributed by atoms with Crippen LogP contribution >= 0.6 is 0 Å². The zero-order chi connectivity index (χ0) is 13.9. The van der Waals surface area contributed by atoms with Gasteiger partial charge in [0.25, 0.3) is 0 Å². The molecule has 0 atom stereocenters. The highest BCUT2D eigenvalue weighted by Crippen LogP contribution is 2.17. The summed E-state index contributed by atoms with van der Waals surface area (Å²) in [4.78, 5) is 14.9. The number of aromatic nitrogens is 1. The summed E-state index contributed by atoms with van der Waals surface area (Å²) in [5, 5.41) is 6.98. The Morgan fingerprint density at radius 3 is 2.74 bits per heavy atom. The summed E-state index contributed by atoms with van der Waals surface area (Å²) in [6.07, 6.45) is 2.83. The molecule has 2 aromatic rings. The molecule has 1 heterocycles. The minimum absolute atomic E-state index is 0.118. The normalized spacial score (nSPS) is 11.5. The van der Waals surface area contributed by atoms with Gasteiger partial charge in [-0.3, -0.25) is 0 Å². The maximum atomic E-state index is 11.6. The molecule has 0 fully saturated rings. The van der Waals surface area contributed by atoms with Crippen LogP contribution in [-0.4, -0.2) is 23.1 Å². The van der Waals surface area contributed by atoms with E-state index in [1.807, 2.05) is 39.1 Å². The molecule has 0 unspecified atom stereocenters. The van der Waals surface area contributed by atoms with Crippen LogP contribution in [0.4, 0.5) is 4.79 Å². The fraction of sp³-hybridized carbons (Fsp3) is 0.400. The number of rotatable bonds is 3. The largest absolute Gasteiger partial charge is 0.361 e. The summed E-state index contributed by atoms with van der Waals surface area (Å²) in [7, 11) is 0. The van der Waals surface area contributed by atoms with E-state index in [2.05, 4.69) is 27.8 Å². The minimum atomic E-state index is -0.204. The van der Waals surface area contributed by atoms with Crippen molar-refractivity contribution in [2.75, 3.05) is 6.54 Å². The Kier molecular flexibility index (Phi) is 3.79. The maximum absolute atomic E-state index is 11.6. The molecule has 0 spiro atoms. The number of aromatic amines is 1. The molecule has 1 aromatic heterocycles. The average Bonchev–Trinajstić information content (AvgIpc) is 2.70. The van der Waals surface area contributed by atoms with Crippen molar-refractivity contribution in [3.63, 3.8) is 0 Å². The number of benzene rings is 1. The van der Waals surface area contributed by atoms with Crippen molar-refractivity contribution in [1.29, 1.82) is 0 Å². The van der Waals surface area contributed by atoms with Crippen LogP contribution in [0, 0.1) is 0 Å². The van der Waals surface area contributed by atoms with Crippen LogP contribution in [0.25, 0.3) is 10.9 Å². The number of carbonyl (C=O) groups is 1. The molecule has 3 N–H and O–H groups in total. The van der Waals surface area contributed by atoms with Crippen molar-refractivity contribution in [2.24, 2.45) is 0 Å². The number of urea groups is 1. The van der Waals surface area contributed by atoms with Gasteiger partial charge in [0, 0.05) is 29.2 Å². The third-order valence-electron chi connectivity index (χ3n) is 2.84. The predicted octanol–water partition coefficient (Wildman–Crippen LogP) is 2.81. The number of H-pyrrole nitrogens is 1. The Hall–Kier alpha value is -1.97. The third-order valence-corrected chi connectivity index (χ3v) is 2.84. The minimum Gasteiger partial charge on any atom is -0.361 e. The lowest BCUT2D eigenvalue weighted by Gasteiger charge is -2.20. The molecule has 0 saturated carbocycles. The molecule has 2 rings (SSSR count). The van der Waals surface area contributed by atoms with E-state index < -0.39 is 0 Å². The smallest absolute Gasteiger partial charge is 0.315 e. The Morgan fingerprint density at radius 1 is 1.26 bits per heavy atom. The molecule has 1 aromatic carbocycles. The highest BCUT2D eigenvalue weighted by Gasteiger charge is 2.12. The number of para-hydroxylation sites is 1. The molecule has 0 radical (unpaired) electrons. The summed E-state index contributed by atoms with van der Waals surface area (Å²) in [6, 6.07) is 8.07. The molecule has 0 aliphatic rings. The number of hydrogen-bond donors (Lipinski definition) is 3. The molecule has 4 nitrogen and oxygen atoms in total. The van der Waals surface area contributed by atoms with Gasteiger partial charge in [0.1, 0.15) is 0 Å².